The van der Waals surface area contributed by atoms with Crippen LogP contribution in [0.4, 0.5) is 17.1 Å². The fraction of sp³-hybridized carbons (Fsp3) is 0. The van der Waals surface area contributed by atoms with Crippen LogP contribution in [-0.4, -0.2) is 11.8 Å². The summed E-state index contributed by atoms with van der Waals surface area (Å²) >= 11 is 12.0. The third-order valence-corrected chi connectivity index (χ3v) is 3.85. The van der Waals surface area contributed by atoms with Crippen molar-refractivity contribution < 1.29 is 9.59 Å². The highest BCUT2D eigenvalue weighted by Gasteiger charge is 2.37. The average Bonchev–Trinajstić information content (AvgIpc) is 2.66. The van der Waals surface area contributed by atoms with Crippen LogP contribution in [0.5, 0.6) is 0 Å². The molecule has 0 aromatic heterocycles. The maximum absolute atomic E-state index is 12.4. The van der Waals surface area contributed by atoms with Crippen molar-refractivity contribution in [2.24, 2.45) is 0 Å². The molecule has 4 N–H and O–H groups in total. The number of carbonyl (C=O) groups is 2. The largest absolute Gasteiger partial charge is 0.399 e. The highest BCUT2D eigenvalue weighted by Crippen LogP contribution is 2.37. The summed E-state index contributed by atoms with van der Waals surface area (Å²) in [5.74, 6) is -0.970. The van der Waals surface area contributed by atoms with E-state index in [4.69, 9.17) is 34.7 Å². The van der Waals surface area contributed by atoms with Gasteiger partial charge in [-0.25, -0.2) is 4.90 Å². The number of amides is 2. The number of fused-ring (bicyclic) bond motifs is 1. The van der Waals surface area contributed by atoms with Crippen LogP contribution in [0.3, 0.4) is 0 Å². The Kier molecular flexibility index (Phi) is 3.04. The van der Waals surface area contributed by atoms with Gasteiger partial charge < -0.3 is 11.5 Å². The van der Waals surface area contributed by atoms with Gasteiger partial charge >= 0.3 is 0 Å². The summed E-state index contributed by atoms with van der Waals surface area (Å²) in [7, 11) is 0. The molecule has 1 aliphatic rings. The van der Waals surface area contributed by atoms with Crippen molar-refractivity contribution in [2.75, 3.05) is 16.4 Å². The van der Waals surface area contributed by atoms with Gasteiger partial charge in [0.2, 0.25) is 0 Å². The van der Waals surface area contributed by atoms with Crippen LogP contribution < -0.4 is 16.4 Å². The minimum Gasteiger partial charge on any atom is -0.399 e. The number of rotatable bonds is 1. The number of nitrogens with zero attached hydrogens (tertiary/aromatic N) is 1. The Bertz CT molecular complexity index is 805. The topological polar surface area (TPSA) is 89.4 Å². The molecule has 0 saturated heterocycles. The van der Waals surface area contributed by atoms with E-state index in [-0.39, 0.29) is 32.5 Å². The maximum Gasteiger partial charge on any atom is 0.266 e. The number of nitrogens with two attached hydrogens (primary N) is 2. The van der Waals surface area contributed by atoms with Gasteiger partial charge in [-0.3, -0.25) is 9.59 Å². The van der Waals surface area contributed by atoms with Crippen molar-refractivity contribution in [3.63, 3.8) is 0 Å². The molecule has 2 amide bonds. The van der Waals surface area contributed by atoms with Crippen molar-refractivity contribution in [2.45, 2.75) is 0 Å². The molecule has 0 spiro atoms. The predicted molar refractivity (Wildman–Crippen MR) is 82.9 cm³/mol. The van der Waals surface area contributed by atoms with Crippen molar-refractivity contribution in [3.8, 4) is 0 Å². The molecule has 2 aromatic rings. The van der Waals surface area contributed by atoms with Crippen LogP contribution in [-0.2, 0) is 0 Å². The average molecular weight is 322 g/mol. The molecule has 0 fully saturated rings. The number of anilines is 3. The van der Waals surface area contributed by atoms with Crippen molar-refractivity contribution >= 4 is 52.1 Å². The van der Waals surface area contributed by atoms with Crippen molar-refractivity contribution in [1.82, 2.24) is 0 Å². The Labute approximate surface area is 130 Å². The minimum absolute atomic E-state index is 0.166. The second-order valence-electron chi connectivity index (χ2n) is 4.58. The molecule has 7 heteroatoms. The first-order chi connectivity index (χ1) is 9.90. The van der Waals surface area contributed by atoms with Crippen molar-refractivity contribution in [3.05, 3.63) is 51.5 Å². The van der Waals surface area contributed by atoms with Gasteiger partial charge in [0.25, 0.3) is 11.8 Å². The Morgan fingerprint density at radius 3 is 2.24 bits per heavy atom. The summed E-state index contributed by atoms with van der Waals surface area (Å²) in [5, 5.41) is 0.379. The number of halogens is 2. The van der Waals surface area contributed by atoms with Gasteiger partial charge in [0.15, 0.2) is 0 Å². The fourth-order valence-electron chi connectivity index (χ4n) is 2.20. The fourth-order valence-corrected chi connectivity index (χ4v) is 2.61. The molecule has 21 heavy (non-hydrogen) atoms. The molecule has 5 nitrogen and oxygen atoms in total. The molecule has 0 saturated carbocycles. The first kappa shape index (κ1) is 13.7. The van der Waals surface area contributed by atoms with Gasteiger partial charge in [-0.05, 0) is 30.3 Å². The highest BCUT2D eigenvalue weighted by atomic mass is 35.5. The van der Waals surface area contributed by atoms with Crippen LogP contribution in [0.15, 0.2) is 30.3 Å². The maximum atomic E-state index is 12.4. The number of imide groups is 1. The number of benzene rings is 2. The molecule has 0 bridgehead atoms. The standard InChI is InChI=1S/C14H9Cl2N3O2/c15-9-5-12(10(16)4-11(9)18)19-13(20)7-2-1-6(17)3-8(7)14(19)21/h1-5H,17-18H2. The van der Waals surface area contributed by atoms with Crippen LogP contribution in [0.1, 0.15) is 20.7 Å². The SMILES string of the molecule is Nc1ccc2c(c1)C(=O)N(c1cc(Cl)c(N)cc1Cl)C2=O. The zero-order valence-electron chi connectivity index (χ0n) is 10.6. The normalized spacial score (nSPS) is 13.7. The van der Waals surface area contributed by atoms with E-state index in [0.717, 1.165) is 4.90 Å². The van der Waals surface area contributed by atoms with Gasteiger partial charge in [0, 0.05) is 5.69 Å². The van der Waals surface area contributed by atoms with Crippen LogP contribution in [0, 0.1) is 0 Å². The molecule has 0 aliphatic carbocycles. The molecule has 0 radical (unpaired) electrons. The van der Waals surface area contributed by atoms with E-state index in [1.807, 2.05) is 0 Å². The lowest BCUT2D eigenvalue weighted by Crippen LogP contribution is -2.29. The van der Waals surface area contributed by atoms with E-state index in [2.05, 4.69) is 0 Å². The molecule has 0 atom stereocenters. The Hall–Kier alpha value is -2.24. The van der Waals surface area contributed by atoms with Crippen molar-refractivity contribution in [1.29, 1.82) is 0 Å². The van der Waals surface area contributed by atoms with Crippen LogP contribution in [0.2, 0.25) is 10.0 Å². The zero-order valence-corrected chi connectivity index (χ0v) is 12.1. The lowest BCUT2D eigenvalue weighted by Gasteiger charge is -2.16. The molecule has 1 aliphatic heterocycles. The zero-order chi connectivity index (χ0) is 15.3. The summed E-state index contributed by atoms with van der Waals surface area (Å²) in [6.45, 7) is 0. The van der Waals surface area contributed by atoms with Gasteiger partial charge in [0.1, 0.15) is 0 Å². The predicted octanol–water partition coefficient (Wildman–Crippen LogP) is 2.96. The third kappa shape index (κ3) is 2.02. The van der Waals surface area contributed by atoms with E-state index in [1.54, 1.807) is 6.07 Å². The molecule has 106 valence electrons. The van der Waals surface area contributed by atoms with E-state index < -0.39 is 11.8 Å². The summed E-state index contributed by atoms with van der Waals surface area (Å²) in [6, 6.07) is 7.33. The molecule has 2 aromatic carbocycles. The molecule has 3 rings (SSSR count). The summed E-state index contributed by atoms with van der Waals surface area (Å²) < 4.78 is 0. The van der Waals surface area contributed by atoms with Gasteiger partial charge in [-0.15, -0.1) is 0 Å². The Morgan fingerprint density at radius 2 is 1.52 bits per heavy atom. The minimum atomic E-state index is -0.495. The first-order valence-electron chi connectivity index (χ1n) is 5.93. The first-order valence-corrected chi connectivity index (χ1v) is 6.68. The van der Waals surface area contributed by atoms with E-state index >= 15 is 0 Å². The van der Waals surface area contributed by atoms with Crippen LogP contribution >= 0.6 is 23.2 Å². The third-order valence-electron chi connectivity index (χ3n) is 3.22. The Balaban J connectivity index is 2.16. The number of hydrogen-bond donors (Lipinski definition) is 2. The lowest BCUT2D eigenvalue weighted by molar-refractivity contribution is 0.0926. The lowest BCUT2D eigenvalue weighted by atomic mass is 10.1. The summed E-state index contributed by atoms with van der Waals surface area (Å²) in [5.41, 5.74) is 12.7. The number of nitrogen functional groups attached to an aromatic ring is 2. The monoisotopic (exact) mass is 321 g/mol. The van der Waals surface area contributed by atoms with E-state index in [9.17, 15) is 9.59 Å². The second-order valence-corrected chi connectivity index (χ2v) is 5.39. The van der Waals surface area contributed by atoms with Crippen LogP contribution in [0.25, 0.3) is 0 Å². The van der Waals surface area contributed by atoms with Gasteiger partial charge in [-0.2, -0.15) is 0 Å². The smallest absolute Gasteiger partial charge is 0.266 e. The van der Waals surface area contributed by atoms with E-state index in [1.165, 1.54) is 24.3 Å². The molecule has 1 heterocycles. The van der Waals surface area contributed by atoms with E-state index in [0.29, 0.717) is 5.69 Å². The quantitative estimate of drug-likeness (QED) is 0.624. The summed E-state index contributed by atoms with van der Waals surface area (Å²) in [4.78, 5) is 25.8. The molecular formula is C14H9Cl2N3O2. The molecule has 0 unspecified atom stereocenters. The second kappa shape index (κ2) is 4.65. The van der Waals surface area contributed by atoms with Gasteiger partial charge in [0.05, 0.1) is 32.5 Å². The summed E-state index contributed by atoms with van der Waals surface area (Å²) in [6.07, 6.45) is 0. The van der Waals surface area contributed by atoms with Gasteiger partial charge in [-0.1, -0.05) is 23.2 Å². The Morgan fingerprint density at radius 1 is 0.857 bits per heavy atom. The molecular weight excluding hydrogens is 313 g/mol. The number of carbonyl (C=O) groups excluding carboxylic acids is 2. The number of hydrogen-bond acceptors (Lipinski definition) is 4. The highest BCUT2D eigenvalue weighted by molar-refractivity contribution is 6.41.